The second-order valence-electron chi connectivity index (χ2n) is 6.08. The highest BCUT2D eigenvalue weighted by atomic mass is 19.1. The van der Waals surface area contributed by atoms with Crippen molar-refractivity contribution in [2.24, 2.45) is 11.7 Å². The lowest BCUT2D eigenvalue weighted by Gasteiger charge is -2.39. The summed E-state index contributed by atoms with van der Waals surface area (Å²) >= 11 is 0. The first-order valence-electron chi connectivity index (χ1n) is 7.68. The third-order valence-corrected chi connectivity index (χ3v) is 4.54. The molecule has 1 atom stereocenters. The molecule has 1 aromatic carbocycles. The number of nitrogens with two attached hydrogens (primary N) is 1. The van der Waals surface area contributed by atoms with Gasteiger partial charge in [-0.3, -0.25) is 4.90 Å². The van der Waals surface area contributed by atoms with Crippen molar-refractivity contribution in [3.63, 3.8) is 0 Å². The maximum Gasteiger partial charge on any atom is 0.123 e. The molecule has 1 heterocycles. The van der Waals surface area contributed by atoms with Crippen LogP contribution in [0.1, 0.15) is 24.4 Å². The minimum atomic E-state index is -0.182. The van der Waals surface area contributed by atoms with Gasteiger partial charge in [0.2, 0.25) is 0 Å². The molecule has 110 valence electrons. The minimum Gasteiger partial charge on any atom is -0.329 e. The van der Waals surface area contributed by atoms with Crippen LogP contribution in [0.5, 0.6) is 0 Å². The molecule has 1 aliphatic heterocycles. The van der Waals surface area contributed by atoms with Gasteiger partial charge in [0.05, 0.1) is 0 Å². The molecular weight excluding hydrogens is 253 g/mol. The van der Waals surface area contributed by atoms with Gasteiger partial charge >= 0.3 is 0 Å². The fourth-order valence-corrected chi connectivity index (χ4v) is 3.10. The first-order chi connectivity index (χ1) is 9.76. The van der Waals surface area contributed by atoms with Gasteiger partial charge in [0.1, 0.15) is 5.82 Å². The van der Waals surface area contributed by atoms with Crippen LogP contribution in [-0.4, -0.2) is 49.1 Å². The van der Waals surface area contributed by atoms with Crippen LogP contribution in [0, 0.1) is 11.7 Å². The molecule has 3 rings (SSSR count). The standard InChI is InChI=1S/C16H24FN3/c17-15-5-3-14(4-6-15)16(11-18)20-9-7-19(8-10-20)12-13-1-2-13/h3-6,13,16H,1-2,7-12,18H2. The highest BCUT2D eigenvalue weighted by molar-refractivity contribution is 5.20. The second kappa shape index (κ2) is 6.20. The van der Waals surface area contributed by atoms with Gasteiger partial charge in [-0.25, -0.2) is 4.39 Å². The Balaban J connectivity index is 1.58. The van der Waals surface area contributed by atoms with Gasteiger partial charge in [-0.05, 0) is 36.5 Å². The van der Waals surface area contributed by atoms with Crippen LogP contribution in [0.3, 0.4) is 0 Å². The summed E-state index contributed by atoms with van der Waals surface area (Å²) in [5, 5.41) is 0. The maximum absolute atomic E-state index is 13.0. The molecule has 1 unspecified atom stereocenters. The summed E-state index contributed by atoms with van der Waals surface area (Å²) < 4.78 is 13.0. The highest BCUT2D eigenvalue weighted by Crippen LogP contribution is 2.30. The van der Waals surface area contributed by atoms with Crippen molar-refractivity contribution in [3.05, 3.63) is 35.6 Å². The Labute approximate surface area is 120 Å². The molecule has 1 saturated carbocycles. The Kier molecular flexibility index (Phi) is 4.34. The fraction of sp³-hybridized carbons (Fsp3) is 0.625. The molecule has 3 nitrogen and oxygen atoms in total. The summed E-state index contributed by atoms with van der Waals surface area (Å²) in [7, 11) is 0. The number of benzene rings is 1. The van der Waals surface area contributed by atoms with Crippen molar-refractivity contribution >= 4 is 0 Å². The molecule has 1 saturated heterocycles. The number of nitrogens with zero attached hydrogens (tertiary/aromatic N) is 2. The lowest BCUT2D eigenvalue weighted by Crippen LogP contribution is -2.49. The van der Waals surface area contributed by atoms with Gasteiger partial charge in [-0.15, -0.1) is 0 Å². The van der Waals surface area contributed by atoms with Crippen LogP contribution in [-0.2, 0) is 0 Å². The average molecular weight is 277 g/mol. The number of rotatable bonds is 5. The van der Waals surface area contributed by atoms with Crippen LogP contribution in [0.4, 0.5) is 4.39 Å². The van der Waals surface area contributed by atoms with E-state index < -0.39 is 0 Å². The Hall–Kier alpha value is -0.970. The van der Waals surface area contributed by atoms with Crippen LogP contribution in [0.25, 0.3) is 0 Å². The summed E-state index contributed by atoms with van der Waals surface area (Å²) in [5.41, 5.74) is 7.08. The summed E-state index contributed by atoms with van der Waals surface area (Å²) in [6.07, 6.45) is 2.84. The monoisotopic (exact) mass is 277 g/mol. The lowest BCUT2D eigenvalue weighted by molar-refractivity contribution is 0.0955. The van der Waals surface area contributed by atoms with Crippen molar-refractivity contribution in [1.29, 1.82) is 0 Å². The van der Waals surface area contributed by atoms with Gasteiger partial charge in [0, 0.05) is 45.3 Å². The number of halogens is 1. The van der Waals surface area contributed by atoms with E-state index in [0.717, 1.165) is 37.7 Å². The van der Waals surface area contributed by atoms with E-state index in [4.69, 9.17) is 5.73 Å². The van der Waals surface area contributed by atoms with Gasteiger partial charge in [0.25, 0.3) is 0 Å². The first kappa shape index (κ1) is 14.0. The van der Waals surface area contributed by atoms with E-state index in [2.05, 4.69) is 9.80 Å². The quantitative estimate of drug-likeness (QED) is 0.891. The third kappa shape index (κ3) is 3.37. The molecule has 2 aliphatic rings. The zero-order valence-corrected chi connectivity index (χ0v) is 12.0. The van der Waals surface area contributed by atoms with Gasteiger partial charge in [0.15, 0.2) is 0 Å². The highest BCUT2D eigenvalue weighted by Gasteiger charge is 2.28. The van der Waals surface area contributed by atoms with E-state index in [9.17, 15) is 4.39 Å². The Morgan fingerprint density at radius 2 is 1.75 bits per heavy atom. The van der Waals surface area contributed by atoms with Crippen LogP contribution in [0.2, 0.25) is 0 Å². The molecule has 0 radical (unpaired) electrons. The average Bonchev–Trinajstić information content (AvgIpc) is 3.27. The summed E-state index contributed by atoms with van der Waals surface area (Å²) in [5.74, 6) is 0.780. The summed E-state index contributed by atoms with van der Waals surface area (Å²) in [6, 6.07) is 7.01. The van der Waals surface area contributed by atoms with Gasteiger partial charge in [-0.1, -0.05) is 12.1 Å². The van der Waals surface area contributed by atoms with Crippen molar-refractivity contribution in [1.82, 2.24) is 9.80 Å². The van der Waals surface area contributed by atoms with Crippen molar-refractivity contribution in [3.8, 4) is 0 Å². The van der Waals surface area contributed by atoms with Crippen LogP contribution < -0.4 is 5.73 Å². The molecule has 0 bridgehead atoms. The molecule has 1 aliphatic carbocycles. The lowest BCUT2D eigenvalue weighted by atomic mass is 10.0. The topological polar surface area (TPSA) is 32.5 Å². The van der Waals surface area contributed by atoms with E-state index in [-0.39, 0.29) is 11.9 Å². The van der Waals surface area contributed by atoms with Crippen molar-refractivity contribution < 1.29 is 4.39 Å². The fourth-order valence-electron chi connectivity index (χ4n) is 3.10. The van der Waals surface area contributed by atoms with E-state index >= 15 is 0 Å². The van der Waals surface area contributed by atoms with Crippen LogP contribution in [0.15, 0.2) is 24.3 Å². The minimum absolute atomic E-state index is 0.182. The molecule has 0 amide bonds. The normalized spacial score (nSPS) is 22.9. The zero-order valence-electron chi connectivity index (χ0n) is 12.0. The van der Waals surface area contributed by atoms with E-state index in [1.165, 1.54) is 31.5 Å². The zero-order chi connectivity index (χ0) is 13.9. The molecule has 0 aromatic heterocycles. The SMILES string of the molecule is NCC(c1ccc(F)cc1)N1CCN(CC2CC2)CC1. The molecule has 2 fully saturated rings. The number of piperazine rings is 1. The molecule has 4 heteroatoms. The van der Waals surface area contributed by atoms with Gasteiger partial charge < -0.3 is 10.6 Å². The predicted octanol–water partition coefficient (Wildman–Crippen LogP) is 1.85. The molecule has 1 aromatic rings. The van der Waals surface area contributed by atoms with E-state index in [1.54, 1.807) is 0 Å². The first-order valence-corrected chi connectivity index (χ1v) is 7.68. The molecule has 20 heavy (non-hydrogen) atoms. The summed E-state index contributed by atoms with van der Waals surface area (Å²) in [6.45, 7) is 6.26. The van der Waals surface area contributed by atoms with E-state index in [1.807, 2.05) is 12.1 Å². The van der Waals surface area contributed by atoms with E-state index in [0.29, 0.717) is 6.54 Å². The Morgan fingerprint density at radius 3 is 2.30 bits per heavy atom. The number of hydrogen-bond donors (Lipinski definition) is 1. The van der Waals surface area contributed by atoms with Crippen molar-refractivity contribution in [2.75, 3.05) is 39.3 Å². The Bertz CT molecular complexity index is 422. The van der Waals surface area contributed by atoms with Gasteiger partial charge in [-0.2, -0.15) is 0 Å². The predicted molar refractivity (Wildman–Crippen MR) is 78.9 cm³/mol. The molecule has 0 spiro atoms. The number of hydrogen-bond acceptors (Lipinski definition) is 3. The maximum atomic E-state index is 13.0. The Morgan fingerprint density at radius 1 is 1.10 bits per heavy atom. The second-order valence-corrected chi connectivity index (χ2v) is 6.08. The molecule has 2 N–H and O–H groups in total. The van der Waals surface area contributed by atoms with Crippen molar-refractivity contribution in [2.45, 2.75) is 18.9 Å². The van der Waals surface area contributed by atoms with Crippen LogP contribution >= 0.6 is 0 Å². The largest absolute Gasteiger partial charge is 0.329 e. The molecular formula is C16H24FN3. The third-order valence-electron chi connectivity index (χ3n) is 4.54. The smallest absolute Gasteiger partial charge is 0.123 e. The summed E-state index contributed by atoms with van der Waals surface area (Å²) in [4.78, 5) is 5.02.